The Hall–Kier alpha value is 0.150. The number of hydrogen-bond donors (Lipinski definition) is 2. The van der Waals surface area contributed by atoms with Crippen molar-refractivity contribution in [3.8, 4) is 0 Å². The van der Waals surface area contributed by atoms with Crippen molar-refractivity contribution in [3.05, 3.63) is 0 Å². The molecule has 3 nitrogen and oxygen atoms in total. The molecule has 15 heavy (non-hydrogen) atoms. The van der Waals surface area contributed by atoms with E-state index in [0.29, 0.717) is 12.8 Å². The topological polar surface area (TPSA) is 57.5 Å². The normalized spacial score (nSPS) is 12.3. The van der Waals surface area contributed by atoms with Crippen molar-refractivity contribution in [2.24, 2.45) is 0 Å². The van der Waals surface area contributed by atoms with Crippen molar-refractivity contribution in [1.29, 1.82) is 0 Å². The zero-order valence-electron chi connectivity index (χ0n) is 9.98. The lowest BCUT2D eigenvalue weighted by molar-refractivity contribution is 0.346. The Kier molecular flexibility index (Phi) is 8.40. The minimum Gasteiger partial charge on any atom is -0.324 e. The maximum Gasteiger partial charge on any atom is 0.328 e. The van der Waals surface area contributed by atoms with Crippen LogP contribution in [0, 0.1) is 0 Å². The molecule has 0 heterocycles. The molecule has 0 aromatic carbocycles. The standard InChI is InChI=1S/C11H25O3P/c1-3-5-7-9-11(15(12,13)14)10-8-6-4-2/h11H,3-10H2,1-2H3,(H2,12,13,14). The highest BCUT2D eigenvalue weighted by Crippen LogP contribution is 2.46. The lowest BCUT2D eigenvalue weighted by Crippen LogP contribution is -2.08. The highest BCUT2D eigenvalue weighted by atomic mass is 31.2. The maximum atomic E-state index is 11.2. The molecule has 0 aliphatic heterocycles. The van der Waals surface area contributed by atoms with Gasteiger partial charge in [0.1, 0.15) is 0 Å². The predicted octanol–water partition coefficient (Wildman–Crippen LogP) is 3.69. The summed E-state index contributed by atoms with van der Waals surface area (Å²) in [5.41, 5.74) is -0.393. The number of rotatable bonds is 9. The summed E-state index contributed by atoms with van der Waals surface area (Å²) in [6.45, 7) is 4.20. The molecule has 0 unspecified atom stereocenters. The Bertz CT molecular complexity index is 178. The summed E-state index contributed by atoms with van der Waals surface area (Å²) in [6.07, 6.45) is 7.60. The van der Waals surface area contributed by atoms with Gasteiger partial charge in [-0.1, -0.05) is 52.4 Å². The first-order valence-electron chi connectivity index (χ1n) is 6.07. The van der Waals surface area contributed by atoms with Crippen LogP contribution in [0.1, 0.15) is 65.2 Å². The molecule has 4 heteroatoms. The largest absolute Gasteiger partial charge is 0.328 e. The SMILES string of the molecule is CCCCCC(CCCCC)P(=O)(O)O. The van der Waals surface area contributed by atoms with Crippen molar-refractivity contribution < 1.29 is 14.4 Å². The van der Waals surface area contributed by atoms with E-state index in [4.69, 9.17) is 0 Å². The average Bonchev–Trinajstić information content (AvgIpc) is 2.14. The van der Waals surface area contributed by atoms with Crippen LogP contribution in [-0.2, 0) is 4.57 Å². The zero-order chi connectivity index (χ0) is 11.7. The summed E-state index contributed by atoms with van der Waals surface area (Å²) < 4.78 is 11.2. The van der Waals surface area contributed by atoms with Crippen LogP contribution in [0.25, 0.3) is 0 Å². The first kappa shape index (κ1) is 15.2. The smallest absolute Gasteiger partial charge is 0.324 e. The van der Waals surface area contributed by atoms with Crippen LogP contribution < -0.4 is 0 Å². The van der Waals surface area contributed by atoms with E-state index in [0.717, 1.165) is 38.5 Å². The van der Waals surface area contributed by atoms with Crippen molar-refractivity contribution >= 4 is 7.60 Å². The van der Waals surface area contributed by atoms with Gasteiger partial charge in [0.25, 0.3) is 0 Å². The van der Waals surface area contributed by atoms with Gasteiger partial charge >= 0.3 is 7.60 Å². The molecule has 0 saturated carbocycles. The van der Waals surface area contributed by atoms with E-state index in [2.05, 4.69) is 13.8 Å². The van der Waals surface area contributed by atoms with Gasteiger partial charge < -0.3 is 9.79 Å². The monoisotopic (exact) mass is 236 g/mol. The van der Waals surface area contributed by atoms with Crippen molar-refractivity contribution in [1.82, 2.24) is 0 Å². The number of hydrogen-bond acceptors (Lipinski definition) is 1. The third-order valence-corrected chi connectivity index (χ3v) is 4.23. The lowest BCUT2D eigenvalue weighted by atomic mass is 10.1. The Morgan fingerprint density at radius 2 is 1.33 bits per heavy atom. The van der Waals surface area contributed by atoms with E-state index < -0.39 is 13.3 Å². The molecule has 0 aromatic heterocycles. The zero-order valence-corrected chi connectivity index (χ0v) is 10.9. The third kappa shape index (κ3) is 8.01. The molecule has 0 saturated heterocycles. The summed E-state index contributed by atoms with van der Waals surface area (Å²) in [4.78, 5) is 18.4. The van der Waals surface area contributed by atoms with E-state index in [1.807, 2.05) is 0 Å². The minimum atomic E-state index is -3.86. The molecule has 0 radical (unpaired) electrons. The van der Waals surface area contributed by atoms with Crippen LogP contribution in [0.5, 0.6) is 0 Å². The highest BCUT2D eigenvalue weighted by Gasteiger charge is 2.27. The van der Waals surface area contributed by atoms with E-state index in [-0.39, 0.29) is 0 Å². The Balaban J connectivity index is 3.91. The van der Waals surface area contributed by atoms with Crippen LogP contribution in [0.4, 0.5) is 0 Å². The highest BCUT2D eigenvalue weighted by molar-refractivity contribution is 7.52. The molecule has 0 atom stereocenters. The second-order valence-electron chi connectivity index (χ2n) is 4.23. The number of unbranched alkanes of at least 4 members (excludes halogenated alkanes) is 4. The molecule has 2 N–H and O–H groups in total. The summed E-state index contributed by atoms with van der Waals surface area (Å²) in [7, 11) is -3.86. The fourth-order valence-corrected chi connectivity index (χ4v) is 2.78. The first-order chi connectivity index (χ1) is 7.02. The Labute approximate surface area is 93.4 Å². The summed E-state index contributed by atoms with van der Waals surface area (Å²) in [5.74, 6) is 0. The molecule has 0 aliphatic carbocycles. The van der Waals surface area contributed by atoms with Crippen LogP contribution in [0.2, 0.25) is 0 Å². The third-order valence-electron chi connectivity index (χ3n) is 2.76. The molecule has 0 fully saturated rings. The molecule has 92 valence electrons. The molecule has 0 aliphatic rings. The molecule has 0 spiro atoms. The fourth-order valence-electron chi connectivity index (χ4n) is 1.74. The Morgan fingerprint density at radius 3 is 1.60 bits per heavy atom. The summed E-state index contributed by atoms with van der Waals surface area (Å²) in [5, 5.41) is 0. The molecule has 0 bridgehead atoms. The molecular weight excluding hydrogens is 211 g/mol. The van der Waals surface area contributed by atoms with Crippen molar-refractivity contribution in [3.63, 3.8) is 0 Å². The van der Waals surface area contributed by atoms with Crippen LogP contribution in [0.3, 0.4) is 0 Å². The Morgan fingerprint density at radius 1 is 0.933 bits per heavy atom. The van der Waals surface area contributed by atoms with E-state index in [1.165, 1.54) is 0 Å². The molecular formula is C11H25O3P. The molecule has 0 amide bonds. The van der Waals surface area contributed by atoms with Crippen LogP contribution in [-0.4, -0.2) is 15.4 Å². The van der Waals surface area contributed by atoms with Gasteiger partial charge in [-0.15, -0.1) is 0 Å². The van der Waals surface area contributed by atoms with Gasteiger partial charge in [0, 0.05) is 0 Å². The summed E-state index contributed by atoms with van der Waals surface area (Å²) in [6, 6.07) is 0. The quantitative estimate of drug-likeness (QED) is 0.474. The molecule has 0 rings (SSSR count). The first-order valence-corrected chi connectivity index (χ1v) is 7.75. The van der Waals surface area contributed by atoms with Crippen LogP contribution >= 0.6 is 7.60 Å². The fraction of sp³-hybridized carbons (Fsp3) is 1.00. The minimum absolute atomic E-state index is 0.393. The van der Waals surface area contributed by atoms with Gasteiger partial charge in [0.05, 0.1) is 5.66 Å². The lowest BCUT2D eigenvalue weighted by Gasteiger charge is -2.17. The van der Waals surface area contributed by atoms with Gasteiger partial charge in [-0.05, 0) is 12.8 Å². The van der Waals surface area contributed by atoms with Gasteiger partial charge in [-0.25, -0.2) is 0 Å². The summed E-state index contributed by atoms with van der Waals surface area (Å²) >= 11 is 0. The van der Waals surface area contributed by atoms with Gasteiger partial charge in [0.15, 0.2) is 0 Å². The second kappa shape index (κ2) is 8.32. The predicted molar refractivity (Wildman–Crippen MR) is 64.1 cm³/mol. The average molecular weight is 236 g/mol. The second-order valence-corrected chi connectivity index (χ2v) is 6.14. The van der Waals surface area contributed by atoms with Gasteiger partial charge in [-0.3, -0.25) is 4.57 Å². The van der Waals surface area contributed by atoms with Gasteiger partial charge in [-0.2, -0.15) is 0 Å². The maximum absolute atomic E-state index is 11.2. The van der Waals surface area contributed by atoms with E-state index in [9.17, 15) is 14.4 Å². The van der Waals surface area contributed by atoms with Crippen molar-refractivity contribution in [2.45, 2.75) is 70.9 Å². The van der Waals surface area contributed by atoms with E-state index in [1.54, 1.807) is 0 Å². The molecule has 0 aromatic rings. The van der Waals surface area contributed by atoms with Gasteiger partial charge in [0.2, 0.25) is 0 Å². The van der Waals surface area contributed by atoms with E-state index >= 15 is 0 Å². The van der Waals surface area contributed by atoms with Crippen molar-refractivity contribution in [2.75, 3.05) is 0 Å². The van der Waals surface area contributed by atoms with Crippen LogP contribution in [0.15, 0.2) is 0 Å².